The van der Waals surface area contributed by atoms with Gasteiger partial charge < -0.3 is 10.4 Å². The second-order valence-electron chi connectivity index (χ2n) is 4.52. The Morgan fingerprint density at radius 2 is 2.29 bits per heavy atom. The molecule has 2 N–H and O–H groups in total. The number of aliphatic hydroxyl groups is 1. The van der Waals surface area contributed by atoms with Crippen LogP contribution in [0.15, 0.2) is 23.1 Å². The first-order valence-electron chi connectivity index (χ1n) is 5.98. The van der Waals surface area contributed by atoms with Crippen LogP contribution in [0.3, 0.4) is 0 Å². The normalized spacial score (nSPS) is 17.1. The summed E-state index contributed by atoms with van der Waals surface area (Å²) in [5, 5.41) is 13.6. The zero-order valence-corrected chi connectivity index (χ0v) is 11.5. The zero-order valence-electron chi connectivity index (χ0n) is 9.95. The molecule has 94 valence electrons. The molecule has 4 heteroatoms. The van der Waals surface area contributed by atoms with E-state index in [0.717, 1.165) is 11.6 Å². The Bertz CT molecular complexity index is 382. The summed E-state index contributed by atoms with van der Waals surface area (Å²) in [5.74, 6) is 0. The first kappa shape index (κ1) is 13.2. The van der Waals surface area contributed by atoms with Crippen molar-refractivity contribution in [1.29, 1.82) is 0 Å². The number of aliphatic hydroxyl groups excluding tert-OH is 1. The predicted octanol–water partition coefficient (Wildman–Crippen LogP) is 3.06. The van der Waals surface area contributed by atoms with Gasteiger partial charge in [-0.25, -0.2) is 0 Å². The third-order valence-electron chi connectivity index (χ3n) is 2.77. The molecule has 1 saturated carbocycles. The van der Waals surface area contributed by atoms with E-state index in [4.69, 9.17) is 16.7 Å². The standard InChI is InChI=1S/C13H18ClNOS/c1-9(8-16)17-13-6-11(14)3-2-10(13)7-15-12-4-5-12/h2-3,6,9,12,15-16H,4-5,7-8H2,1H3. The smallest absolute Gasteiger partial charge is 0.0550 e. The van der Waals surface area contributed by atoms with Crippen LogP contribution in [0.2, 0.25) is 5.02 Å². The number of halogens is 1. The van der Waals surface area contributed by atoms with E-state index in [1.807, 2.05) is 19.1 Å². The number of benzene rings is 1. The molecular weight excluding hydrogens is 254 g/mol. The molecule has 0 radical (unpaired) electrons. The highest BCUT2D eigenvalue weighted by Gasteiger charge is 2.20. The van der Waals surface area contributed by atoms with Gasteiger partial charge in [0, 0.05) is 27.8 Å². The average molecular weight is 272 g/mol. The first-order chi connectivity index (χ1) is 8.19. The largest absolute Gasteiger partial charge is 0.395 e. The van der Waals surface area contributed by atoms with E-state index in [1.165, 1.54) is 23.3 Å². The summed E-state index contributed by atoms with van der Waals surface area (Å²) in [6, 6.07) is 6.70. The molecule has 1 atom stereocenters. The Morgan fingerprint density at radius 3 is 2.94 bits per heavy atom. The molecule has 1 aliphatic rings. The number of hydrogen-bond donors (Lipinski definition) is 2. The quantitative estimate of drug-likeness (QED) is 0.780. The fourth-order valence-electron chi connectivity index (χ4n) is 1.58. The number of thioether (sulfide) groups is 1. The van der Waals surface area contributed by atoms with Gasteiger partial charge in [-0.05, 0) is 30.5 Å². The lowest BCUT2D eigenvalue weighted by atomic mass is 10.2. The minimum absolute atomic E-state index is 0.187. The van der Waals surface area contributed by atoms with E-state index in [1.54, 1.807) is 11.8 Å². The van der Waals surface area contributed by atoms with E-state index < -0.39 is 0 Å². The lowest BCUT2D eigenvalue weighted by Gasteiger charge is -2.13. The maximum absolute atomic E-state index is 9.11. The summed E-state index contributed by atoms with van der Waals surface area (Å²) >= 11 is 7.70. The van der Waals surface area contributed by atoms with E-state index in [0.29, 0.717) is 6.04 Å². The second kappa shape index (κ2) is 6.10. The van der Waals surface area contributed by atoms with Crippen molar-refractivity contribution in [2.75, 3.05) is 6.61 Å². The fourth-order valence-corrected chi connectivity index (χ4v) is 2.81. The Morgan fingerprint density at radius 1 is 1.53 bits per heavy atom. The molecule has 0 spiro atoms. The highest BCUT2D eigenvalue weighted by atomic mass is 35.5. The molecule has 1 aromatic carbocycles. The molecule has 0 saturated heterocycles. The minimum Gasteiger partial charge on any atom is -0.395 e. The summed E-state index contributed by atoms with van der Waals surface area (Å²) < 4.78 is 0. The van der Waals surface area contributed by atoms with Crippen LogP contribution in [0.1, 0.15) is 25.3 Å². The number of nitrogens with one attached hydrogen (secondary N) is 1. The van der Waals surface area contributed by atoms with Crippen molar-refractivity contribution in [3.05, 3.63) is 28.8 Å². The molecule has 0 heterocycles. The number of hydrogen-bond acceptors (Lipinski definition) is 3. The topological polar surface area (TPSA) is 32.3 Å². The average Bonchev–Trinajstić information content (AvgIpc) is 3.12. The van der Waals surface area contributed by atoms with Gasteiger partial charge in [-0.2, -0.15) is 0 Å². The van der Waals surface area contributed by atoms with Crippen LogP contribution in [-0.2, 0) is 6.54 Å². The van der Waals surface area contributed by atoms with E-state index in [9.17, 15) is 0 Å². The monoisotopic (exact) mass is 271 g/mol. The van der Waals surface area contributed by atoms with Crippen molar-refractivity contribution in [1.82, 2.24) is 5.32 Å². The zero-order chi connectivity index (χ0) is 12.3. The lowest BCUT2D eigenvalue weighted by molar-refractivity contribution is 0.300. The molecule has 1 aromatic rings. The molecule has 1 fully saturated rings. The summed E-state index contributed by atoms with van der Waals surface area (Å²) in [6.07, 6.45) is 2.59. The summed E-state index contributed by atoms with van der Waals surface area (Å²) in [5.41, 5.74) is 1.27. The molecular formula is C13H18ClNOS. The van der Waals surface area contributed by atoms with Crippen LogP contribution in [0.5, 0.6) is 0 Å². The van der Waals surface area contributed by atoms with Crippen molar-refractivity contribution in [3.8, 4) is 0 Å². The van der Waals surface area contributed by atoms with Gasteiger partial charge in [0.05, 0.1) is 6.61 Å². The summed E-state index contributed by atoms with van der Waals surface area (Å²) in [4.78, 5) is 1.17. The third kappa shape index (κ3) is 4.18. The molecule has 2 nitrogen and oxygen atoms in total. The van der Waals surface area contributed by atoms with Crippen molar-refractivity contribution in [2.45, 2.75) is 42.5 Å². The first-order valence-corrected chi connectivity index (χ1v) is 7.24. The van der Waals surface area contributed by atoms with Crippen LogP contribution in [0, 0.1) is 0 Å². The van der Waals surface area contributed by atoms with Gasteiger partial charge in [0.15, 0.2) is 0 Å². The van der Waals surface area contributed by atoms with Gasteiger partial charge in [0.2, 0.25) is 0 Å². The molecule has 1 aliphatic carbocycles. The molecule has 0 bridgehead atoms. The van der Waals surface area contributed by atoms with Crippen molar-refractivity contribution >= 4 is 23.4 Å². The summed E-state index contributed by atoms with van der Waals surface area (Å²) in [6.45, 7) is 3.10. The van der Waals surface area contributed by atoms with Crippen LogP contribution < -0.4 is 5.32 Å². The SMILES string of the molecule is CC(CO)Sc1cc(Cl)ccc1CNC1CC1. The fraction of sp³-hybridized carbons (Fsp3) is 0.538. The highest BCUT2D eigenvalue weighted by molar-refractivity contribution is 8.00. The molecule has 1 unspecified atom stereocenters. The van der Waals surface area contributed by atoms with Gasteiger partial charge in [-0.15, -0.1) is 11.8 Å². The second-order valence-corrected chi connectivity index (χ2v) is 6.43. The maximum atomic E-state index is 9.11. The van der Waals surface area contributed by atoms with Gasteiger partial charge in [0.1, 0.15) is 0 Å². The summed E-state index contributed by atoms with van der Waals surface area (Å²) in [7, 11) is 0. The Balaban J connectivity index is 2.05. The van der Waals surface area contributed by atoms with Gasteiger partial charge in [-0.3, -0.25) is 0 Å². The van der Waals surface area contributed by atoms with Crippen molar-refractivity contribution < 1.29 is 5.11 Å². The van der Waals surface area contributed by atoms with Crippen LogP contribution >= 0.6 is 23.4 Å². The van der Waals surface area contributed by atoms with Crippen LogP contribution in [0.25, 0.3) is 0 Å². The maximum Gasteiger partial charge on any atom is 0.0550 e. The number of rotatable bonds is 6. The van der Waals surface area contributed by atoms with Crippen molar-refractivity contribution in [3.63, 3.8) is 0 Å². The Kier molecular flexibility index (Phi) is 4.74. The lowest BCUT2D eigenvalue weighted by Crippen LogP contribution is -2.16. The van der Waals surface area contributed by atoms with E-state index in [2.05, 4.69) is 11.4 Å². The Hall–Kier alpha value is -0.220. The molecule has 2 rings (SSSR count). The molecule has 0 amide bonds. The Labute approximate surface area is 112 Å². The molecule has 17 heavy (non-hydrogen) atoms. The molecule has 0 aromatic heterocycles. The van der Waals surface area contributed by atoms with Gasteiger partial charge >= 0.3 is 0 Å². The molecule has 0 aliphatic heterocycles. The third-order valence-corrected chi connectivity index (χ3v) is 4.19. The highest BCUT2D eigenvalue weighted by Crippen LogP contribution is 2.30. The predicted molar refractivity (Wildman–Crippen MR) is 73.7 cm³/mol. The van der Waals surface area contributed by atoms with Crippen LogP contribution in [0.4, 0.5) is 0 Å². The van der Waals surface area contributed by atoms with Gasteiger partial charge in [0.25, 0.3) is 0 Å². The van der Waals surface area contributed by atoms with E-state index in [-0.39, 0.29) is 11.9 Å². The minimum atomic E-state index is 0.187. The van der Waals surface area contributed by atoms with Gasteiger partial charge in [-0.1, -0.05) is 24.6 Å². The van der Waals surface area contributed by atoms with E-state index >= 15 is 0 Å². The van der Waals surface area contributed by atoms with Crippen molar-refractivity contribution in [2.24, 2.45) is 0 Å². The van der Waals surface area contributed by atoms with Crippen LogP contribution in [-0.4, -0.2) is 23.0 Å².